The number of fused-ring (bicyclic) bond motifs is 2. The summed E-state index contributed by atoms with van der Waals surface area (Å²) in [6, 6.07) is 5.94. The molecule has 150 valence electrons. The lowest BCUT2D eigenvalue weighted by molar-refractivity contribution is 0.0964. The standard InChI is InChI=1S/C20H23N7O2/c1-11(2)26-10-14(12-6-7-17(29-5)25-18(12)26)15-8-16(21-3)27-19(24-15)13(9-23-27)20(28)22-4/h6-11,21H,1-5H3,(H,22,28). The Labute approximate surface area is 167 Å². The van der Waals surface area contributed by atoms with E-state index in [-0.39, 0.29) is 11.9 Å². The lowest BCUT2D eigenvalue weighted by atomic mass is 10.1. The lowest BCUT2D eigenvalue weighted by Crippen LogP contribution is -2.18. The van der Waals surface area contributed by atoms with E-state index in [2.05, 4.69) is 39.1 Å². The first kappa shape index (κ1) is 18.7. The van der Waals surface area contributed by atoms with Crippen molar-refractivity contribution in [1.29, 1.82) is 0 Å². The monoisotopic (exact) mass is 393 g/mol. The van der Waals surface area contributed by atoms with E-state index < -0.39 is 0 Å². The second kappa shape index (κ2) is 7.08. The van der Waals surface area contributed by atoms with E-state index in [4.69, 9.17) is 9.72 Å². The van der Waals surface area contributed by atoms with Gasteiger partial charge >= 0.3 is 0 Å². The number of carbonyl (C=O) groups excluding carboxylic acids is 1. The second-order valence-electron chi connectivity index (χ2n) is 6.92. The molecule has 0 spiro atoms. The van der Waals surface area contributed by atoms with Gasteiger partial charge in [0.25, 0.3) is 5.91 Å². The summed E-state index contributed by atoms with van der Waals surface area (Å²) in [6.45, 7) is 4.20. The Morgan fingerprint density at radius 1 is 1.17 bits per heavy atom. The zero-order valence-corrected chi connectivity index (χ0v) is 17.0. The third kappa shape index (κ3) is 2.95. The third-order valence-electron chi connectivity index (χ3n) is 4.89. The fourth-order valence-electron chi connectivity index (χ4n) is 3.39. The van der Waals surface area contributed by atoms with Gasteiger partial charge in [0, 0.05) is 49.4 Å². The van der Waals surface area contributed by atoms with Crippen molar-refractivity contribution in [2.75, 3.05) is 26.5 Å². The van der Waals surface area contributed by atoms with E-state index in [1.54, 1.807) is 18.7 Å². The highest BCUT2D eigenvalue weighted by molar-refractivity contribution is 6.00. The van der Waals surface area contributed by atoms with Gasteiger partial charge in [-0.1, -0.05) is 0 Å². The molecule has 4 aromatic rings. The van der Waals surface area contributed by atoms with E-state index >= 15 is 0 Å². The fourth-order valence-corrected chi connectivity index (χ4v) is 3.39. The van der Waals surface area contributed by atoms with Gasteiger partial charge < -0.3 is 19.9 Å². The van der Waals surface area contributed by atoms with Crippen molar-refractivity contribution in [3.63, 3.8) is 0 Å². The Hall–Kier alpha value is -3.62. The molecule has 0 aliphatic heterocycles. The van der Waals surface area contributed by atoms with Gasteiger partial charge in [0.1, 0.15) is 17.0 Å². The molecule has 0 radical (unpaired) electrons. The number of amides is 1. The van der Waals surface area contributed by atoms with E-state index in [9.17, 15) is 4.79 Å². The van der Waals surface area contributed by atoms with Crippen LogP contribution in [-0.4, -0.2) is 51.3 Å². The van der Waals surface area contributed by atoms with Crippen LogP contribution in [-0.2, 0) is 0 Å². The summed E-state index contributed by atoms with van der Waals surface area (Å²) in [4.78, 5) is 21.7. The number of aromatic nitrogens is 5. The maximum Gasteiger partial charge on any atom is 0.256 e. The molecule has 0 atom stereocenters. The molecule has 1 amide bonds. The zero-order chi connectivity index (χ0) is 20.7. The summed E-state index contributed by atoms with van der Waals surface area (Å²) in [5, 5.41) is 11.0. The minimum absolute atomic E-state index is 0.203. The van der Waals surface area contributed by atoms with Crippen LogP contribution >= 0.6 is 0 Å². The van der Waals surface area contributed by atoms with Crippen molar-refractivity contribution >= 4 is 28.4 Å². The van der Waals surface area contributed by atoms with Crippen molar-refractivity contribution in [2.45, 2.75) is 19.9 Å². The van der Waals surface area contributed by atoms with Crippen LogP contribution in [0.15, 0.2) is 30.6 Å². The molecule has 0 bridgehead atoms. The summed E-state index contributed by atoms with van der Waals surface area (Å²) in [5.74, 6) is 1.05. The van der Waals surface area contributed by atoms with Crippen LogP contribution in [0, 0.1) is 0 Å². The van der Waals surface area contributed by atoms with Crippen LogP contribution in [0.5, 0.6) is 5.88 Å². The molecule has 0 saturated heterocycles. The predicted molar refractivity (Wildman–Crippen MR) is 112 cm³/mol. The molecule has 4 heterocycles. The van der Waals surface area contributed by atoms with E-state index in [0.717, 1.165) is 28.1 Å². The normalized spacial score (nSPS) is 11.4. The summed E-state index contributed by atoms with van der Waals surface area (Å²) < 4.78 is 9.02. The van der Waals surface area contributed by atoms with Crippen molar-refractivity contribution in [1.82, 2.24) is 29.5 Å². The quantitative estimate of drug-likeness (QED) is 0.541. The number of rotatable bonds is 5. The number of nitrogens with zero attached hydrogens (tertiary/aromatic N) is 5. The Morgan fingerprint density at radius 2 is 1.97 bits per heavy atom. The molecular weight excluding hydrogens is 370 g/mol. The largest absolute Gasteiger partial charge is 0.481 e. The summed E-state index contributed by atoms with van der Waals surface area (Å²) in [6.07, 6.45) is 3.56. The minimum atomic E-state index is -0.234. The average molecular weight is 393 g/mol. The molecule has 4 aromatic heterocycles. The van der Waals surface area contributed by atoms with Gasteiger partial charge in [-0.05, 0) is 19.9 Å². The number of ether oxygens (including phenoxy) is 1. The number of carbonyl (C=O) groups is 1. The van der Waals surface area contributed by atoms with Crippen LogP contribution < -0.4 is 15.4 Å². The Morgan fingerprint density at radius 3 is 2.62 bits per heavy atom. The van der Waals surface area contributed by atoms with Crippen LogP contribution in [0.2, 0.25) is 0 Å². The van der Waals surface area contributed by atoms with Crippen LogP contribution in [0.25, 0.3) is 27.9 Å². The topological polar surface area (TPSA) is 98.4 Å². The van der Waals surface area contributed by atoms with Gasteiger partial charge in [-0.3, -0.25) is 4.79 Å². The molecule has 9 nitrogen and oxygen atoms in total. The first-order valence-corrected chi connectivity index (χ1v) is 9.33. The number of nitrogens with one attached hydrogen (secondary N) is 2. The SMILES string of the molecule is CNC(=O)c1cnn2c(NC)cc(-c3cn(C(C)C)c4nc(OC)ccc34)nc12. The fraction of sp³-hybridized carbons (Fsp3) is 0.300. The van der Waals surface area contributed by atoms with Crippen LogP contribution in [0.1, 0.15) is 30.2 Å². The number of hydrogen-bond donors (Lipinski definition) is 2. The zero-order valence-electron chi connectivity index (χ0n) is 17.0. The highest BCUT2D eigenvalue weighted by atomic mass is 16.5. The Balaban J connectivity index is 2.01. The number of anilines is 1. The third-order valence-corrected chi connectivity index (χ3v) is 4.89. The van der Waals surface area contributed by atoms with Crippen LogP contribution in [0.4, 0.5) is 5.82 Å². The molecule has 9 heteroatoms. The number of methoxy groups -OCH3 is 1. The minimum Gasteiger partial charge on any atom is -0.481 e. The van der Waals surface area contributed by atoms with Gasteiger partial charge in [0.05, 0.1) is 19.0 Å². The van der Waals surface area contributed by atoms with Gasteiger partial charge in [-0.15, -0.1) is 0 Å². The molecule has 0 aromatic carbocycles. The van der Waals surface area contributed by atoms with Gasteiger partial charge in [-0.25, -0.2) is 4.98 Å². The van der Waals surface area contributed by atoms with Gasteiger partial charge in [0.2, 0.25) is 5.88 Å². The first-order valence-electron chi connectivity index (χ1n) is 9.33. The highest BCUT2D eigenvalue weighted by Crippen LogP contribution is 2.33. The molecule has 0 aliphatic carbocycles. The molecule has 0 saturated carbocycles. The molecule has 0 aliphatic rings. The molecule has 0 unspecified atom stereocenters. The van der Waals surface area contributed by atoms with E-state index in [0.29, 0.717) is 17.1 Å². The molecule has 4 rings (SSSR count). The maximum absolute atomic E-state index is 12.3. The number of pyridine rings is 1. The molecule has 2 N–H and O–H groups in total. The van der Waals surface area contributed by atoms with Gasteiger partial charge in [-0.2, -0.15) is 14.6 Å². The predicted octanol–water partition coefficient (Wildman–Crippen LogP) is 2.74. The van der Waals surface area contributed by atoms with Crippen LogP contribution in [0.3, 0.4) is 0 Å². The van der Waals surface area contributed by atoms with Crippen molar-refractivity contribution < 1.29 is 9.53 Å². The molecule has 0 fully saturated rings. The van der Waals surface area contributed by atoms with E-state index in [1.165, 1.54) is 6.20 Å². The average Bonchev–Trinajstić information content (AvgIpc) is 3.33. The van der Waals surface area contributed by atoms with Crippen molar-refractivity contribution in [3.8, 4) is 17.1 Å². The second-order valence-corrected chi connectivity index (χ2v) is 6.92. The maximum atomic E-state index is 12.3. The van der Waals surface area contributed by atoms with E-state index in [1.807, 2.05) is 31.4 Å². The van der Waals surface area contributed by atoms with Crippen molar-refractivity contribution in [2.24, 2.45) is 0 Å². The lowest BCUT2D eigenvalue weighted by Gasteiger charge is -2.08. The molecule has 29 heavy (non-hydrogen) atoms. The Bertz CT molecular complexity index is 1220. The molecular formula is C20H23N7O2. The number of hydrogen-bond acceptors (Lipinski definition) is 6. The summed E-state index contributed by atoms with van der Waals surface area (Å²) in [7, 11) is 5.00. The summed E-state index contributed by atoms with van der Waals surface area (Å²) in [5.41, 5.74) is 3.37. The van der Waals surface area contributed by atoms with Gasteiger partial charge in [0.15, 0.2) is 5.65 Å². The highest BCUT2D eigenvalue weighted by Gasteiger charge is 2.20. The smallest absolute Gasteiger partial charge is 0.256 e. The summed E-state index contributed by atoms with van der Waals surface area (Å²) >= 11 is 0. The Kier molecular flexibility index (Phi) is 4.57. The van der Waals surface area contributed by atoms with Crippen molar-refractivity contribution in [3.05, 3.63) is 36.2 Å². The first-order chi connectivity index (χ1) is 14.0.